The molecule has 0 saturated heterocycles. The van der Waals surface area contributed by atoms with E-state index in [-0.39, 0.29) is 34.8 Å². The minimum atomic E-state index is -0.642. The van der Waals surface area contributed by atoms with Crippen LogP contribution < -0.4 is 11.3 Å². The number of carbonyl (C=O) groups excluding carboxylic acids is 1. The van der Waals surface area contributed by atoms with Gasteiger partial charge in [0.15, 0.2) is 0 Å². The first-order chi connectivity index (χ1) is 10.0. The summed E-state index contributed by atoms with van der Waals surface area (Å²) in [5.41, 5.74) is 5.01. The van der Waals surface area contributed by atoms with Gasteiger partial charge in [0.25, 0.3) is 5.56 Å². The summed E-state index contributed by atoms with van der Waals surface area (Å²) in [4.78, 5) is 24.7. The molecular weight excluding hydrogens is 270 g/mol. The number of nitrogen functional groups attached to an aromatic ring is 1. The van der Waals surface area contributed by atoms with Gasteiger partial charge in [-0.05, 0) is 25.1 Å². The number of hydrogen-bond acceptors (Lipinski definition) is 5. The zero-order valence-electron chi connectivity index (χ0n) is 11.3. The number of aromatic hydroxyl groups is 1. The van der Waals surface area contributed by atoms with Gasteiger partial charge < -0.3 is 10.8 Å². The van der Waals surface area contributed by atoms with Gasteiger partial charge in [0.2, 0.25) is 5.78 Å². The van der Waals surface area contributed by atoms with Gasteiger partial charge in [-0.3, -0.25) is 14.2 Å². The van der Waals surface area contributed by atoms with Crippen molar-refractivity contribution in [2.24, 2.45) is 0 Å². The highest BCUT2D eigenvalue weighted by molar-refractivity contribution is 6.10. The van der Waals surface area contributed by atoms with Gasteiger partial charge in [-0.1, -0.05) is 12.1 Å². The number of benzene rings is 1. The Bertz CT molecular complexity index is 816. The number of nitrogens with two attached hydrogens (primary N) is 1. The Kier molecular flexibility index (Phi) is 3.76. The molecule has 0 saturated carbocycles. The smallest absolute Gasteiger partial charge is 0.263 e. The number of carbonyl (C=O) groups is 1. The molecule has 0 bridgehead atoms. The molecule has 0 aliphatic rings. The second-order valence-electron chi connectivity index (χ2n) is 4.36. The fraction of sp³-hybridized carbons (Fsp3) is 0.133. The molecule has 2 aromatic rings. The molecule has 1 heterocycles. The number of anilines is 1. The molecule has 0 spiro atoms. The van der Waals surface area contributed by atoms with E-state index in [1.807, 2.05) is 6.07 Å². The number of nitriles is 1. The van der Waals surface area contributed by atoms with Crippen molar-refractivity contribution in [2.75, 3.05) is 5.73 Å². The molecule has 0 aliphatic carbocycles. The van der Waals surface area contributed by atoms with E-state index in [4.69, 9.17) is 11.0 Å². The normalized spacial score (nSPS) is 10.1. The fourth-order valence-electron chi connectivity index (χ4n) is 2.06. The predicted molar refractivity (Wildman–Crippen MR) is 77.0 cm³/mol. The van der Waals surface area contributed by atoms with Crippen LogP contribution in [0.1, 0.15) is 28.4 Å². The summed E-state index contributed by atoms with van der Waals surface area (Å²) < 4.78 is 1.16. The molecule has 21 heavy (non-hydrogen) atoms. The van der Waals surface area contributed by atoms with Crippen LogP contribution >= 0.6 is 0 Å². The number of rotatable bonds is 3. The first-order valence-corrected chi connectivity index (χ1v) is 6.27. The predicted octanol–water partition coefficient (Wildman–Crippen LogP) is 1.26. The van der Waals surface area contributed by atoms with Gasteiger partial charge in [0.1, 0.15) is 17.6 Å². The average molecular weight is 283 g/mol. The van der Waals surface area contributed by atoms with E-state index in [2.05, 4.69) is 0 Å². The number of pyridine rings is 1. The van der Waals surface area contributed by atoms with E-state index in [1.54, 1.807) is 19.1 Å². The fourth-order valence-corrected chi connectivity index (χ4v) is 2.06. The minimum absolute atomic E-state index is 0.00548. The van der Waals surface area contributed by atoms with E-state index in [9.17, 15) is 14.7 Å². The van der Waals surface area contributed by atoms with Gasteiger partial charge in [-0.25, -0.2) is 0 Å². The lowest BCUT2D eigenvalue weighted by Gasteiger charge is -2.11. The molecule has 6 nitrogen and oxygen atoms in total. The Morgan fingerprint density at radius 3 is 2.62 bits per heavy atom. The molecule has 0 amide bonds. The second-order valence-corrected chi connectivity index (χ2v) is 4.36. The molecule has 0 unspecified atom stereocenters. The average Bonchev–Trinajstić information content (AvgIpc) is 2.48. The van der Waals surface area contributed by atoms with Crippen LogP contribution in [0.15, 0.2) is 35.1 Å². The monoisotopic (exact) mass is 283 g/mol. The lowest BCUT2D eigenvalue weighted by atomic mass is 10.0. The molecule has 2 rings (SSSR count). The minimum Gasteiger partial charge on any atom is -0.507 e. The summed E-state index contributed by atoms with van der Waals surface area (Å²) in [5.74, 6) is -0.837. The van der Waals surface area contributed by atoms with Crippen LogP contribution in [0, 0.1) is 11.3 Å². The highest BCUT2D eigenvalue weighted by Gasteiger charge is 2.20. The molecule has 0 fully saturated rings. The maximum atomic E-state index is 12.4. The summed E-state index contributed by atoms with van der Waals surface area (Å²) in [6.45, 7) is 1.92. The van der Waals surface area contributed by atoms with Gasteiger partial charge in [-0.15, -0.1) is 0 Å². The van der Waals surface area contributed by atoms with Crippen molar-refractivity contribution in [3.63, 3.8) is 0 Å². The third-order valence-electron chi connectivity index (χ3n) is 3.16. The van der Waals surface area contributed by atoms with Gasteiger partial charge >= 0.3 is 0 Å². The van der Waals surface area contributed by atoms with Crippen LogP contribution in [-0.4, -0.2) is 15.5 Å². The Hall–Kier alpha value is -3.07. The van der Waals surface area contributed by atoms with Crippen LogP contribution in [0.2, 0.25) is 0 Å². The lowest BCUT2D eigenvalue weighted by molar-refractivity contribution is 0.103. The topological polar surface area (TPSA) is 109 Å². The van der Waals surface area contributed by atoms with Gasteiger partial charge in [0.05, 0.1) is 16.7 Å². The zero-order valence-corrected chi connectivity index (χ0v) is 11.3. The molecular formula is C15H13N3O3. The summed E-state index contributed by atoms with van der Waals surface area (Å²) in [6.07, 6.45) is 0. The van der Waals surface area contributed by atoms with Crippen LogP contribution in [-0.2, 0) is 6.54 Å². The summed E-state index contributed by atoms with van der Waals surface area (Å²) in [6, 6.07) is 8.94. The number of aromatic nitrogens is 1. The first-order valence-electron chi connectivity index (χ1n) is 6.27. The molecule has 3 N–H and O–H groups in total. The van der Waals surface area contributed by atoms with Crippen molar-refractivity contribution >= 4 is 11.6 Å². The summed E-state index contributed by atoms with van der Waals surface area (Å²) >= 11 is 0. The SMILES string of the molecule is CCn1c(N)c(C#N)cc(C(=O)c2ccccc2O)c1=O. The van der Waals surface area contributed by atoms with E-state index in [1.165, 1.54) is 18.2 Å². The number of hydrogen-bond donors (Lipinski definition) is 2. The lowest BCUT2D eigenvalue weighted by Crippen LogP contribution is -2.29. The standard InChI is InChI=1S/C15H13N3O3/c1-2-18-14(17)9(8-16)7-11(15(18)21)13(20)10-5-3-4-6-12(10)19/h3-7,19H,2,17H2,1H3. The molecule has 1 aromatic heterocycles. The maximum absolute atomic E-state index is 12.4. The Labute approximate surface area is 120 Å². The Morgan fingerprint density at radius 2 is 2.05 bits per heavy atom. The molecule has 0 atom stereocenters. The van der Waals surface area contributed by atoms with Crippen molar-refractivity contribution < 1.29 is 9.90 Å². The second kappa shape index (κ2) is 5.51. The quantitative estimate of drug-likeness (QED) is 0.824. The highest BCUT2D eigenvalue weighted by Crippen LogP contribution is 2.20. The van der Waals surface area contributed by atoms with Crippen molar-refractivity contribution in [3.8, 4) is 11.8 Å². The third kappa shape index (κ3) is 2.37. The highest BCUT2D eigenvalue weighted by atomic mass is 16.3. The van der Waals surface area contributed by atoms with E-state index in [0.29, 0.717) is 0 Å². The largest absolute Gasteiger partial charge is 0.507 e. The number of para-hydroxylation sites is 1. The number of phenolic OH excluding ortho intramolecular Hbond substituents is 1. The van der Waals surface area contributed by atoms with Crippen molar-refractivity contribution in [1.82, 2.24) is 4.57 Å². The molecule has 0 aliphatic heterocycles. The van der Waals surface area contributed by atoms with Crippen molar-refractivity contribution in [1.29, 1.82) is 5.26 Å². The maximum Gasteiger partial charge on any atom is 0.263 e. The number of phenols is 1. The van der Waals surface area contributed by atoms with Gasteiger partial charge in [-0.2, -0.15) is 5.26 Å². The van der Waals surface area contributed by atoms with Crippen molar-refractivity contribution in [3.05, 3.63) is 57.4 Å². The van der Waals surface area contributed by atoms with Crippen LogP contribution in [0.3, 0.4) is 0 Å². The summed E-state index contributed by atoms with van der Waals surface area (Å²) in [7, 11) is 0. The van der Waals surface area contributed by atoms with Crippen LogP contribution in [0.25, 0.3) is 0 Å². The Morgan fingerprint density at radius 1 is 1.38 bits per heavy atom. The molecule has 1 aromatic carbocycles. The van der Waals surface area contributed by atoms with E-state index in [0.717, 1.165) is 4.57 Å². The third-order valence-corrected chi connectivity index (χ3v) is 3.16. The van der Waals surface area contributed by atoms with Crippen LogP contribution in [0.5, 0.6) is 5.75 Å². The van der Waals surface area contributed by atoms with E-state index < -0.39 is 11.3 Å². The Balaban J connectivity index is 2.71. The van der Waals surface area contributed by atoms with Crippen LogP contribution in [0.4, 0.5) is 5.82 Å². The first kappa shape index (κ1) is 14.3. The molecule has 0 radical (unpaired) electrons. The van der Waals surface area contributed by atoms with Crippen molar-refractivity contribution in [2.45, 2.75) is 13.5 Å². The summed E-state index contributed by atoms with van der Waals surface area (Å²) in [5, 5.41) is 18.8. The van der Waals surface area contributed by atoms with E-state index >= 15 is 0 Å². The number of ketones is 1. The van der Waals surface area contributed by atoms with Gasteiger partial charge in [0, 0.05) is 6.54 Å². The zero-order chi connectivity index (χ0) is 15.6. The molecule has 6 heteroatoms. The molecule has 106 valence electrons. The number of nitrogens with zero attached hydrogens (tertiary/aromatic N) is 2.